The van der Waals surface area contributed by atoms with Gasteiger partial charge in [0.2, 0.25) is 0 Å². The molecule has 0 unspecified atom stereocenters. The summed E-state index contributed by atoms with van der Waals surface area (Å²) in [6, 6.07) is 19.1. The summed E-state index contributed by atoms with van der Waals surface area (Å²) in [5, 5.41) is 13.3. The minimum absolute atomic E-state index is 0.164. The van der Waals surface area contributed by atoms with Crippen LogP contribution in [0, 0.1) is 0 Å². The number of amides is 2. The number of carbonyl (C=O) groups is 2. The third-order valence-electron chi connectivity index (χ3n) is 4.69. The van der Waals surface area contributed by atoms with E-state index in [0.29, 0.717) is 50.9 Å². The van der Waals surface area contributed by atoms with Gasteiger partial charge in [0.15, 0.2) is 13.2 Å². The molecule has 2 N–H and O–H groups in total. The van der Waals surface area contributed by atoms with Gasteiger partial charge in [-0.3, -0.25) is 9.59 Å². The Balaban J connectivity index is 1.39. The molecule has 0 heterocycles. The summed E-state index contributed by atoms with van der Waals surface area (Å²) in [7, 11) is 0. The molecule has 0 atom stereocenters. The number of nitrogens with one attached hydrogen (secondary N) is 2. The molecule has 2 aromatic rings. The zero-order chi connectivity index (χ0) is 25.8. The van der Waals surface area contributed by atoms with Crippen molar-refractivity contribution in [2.24, 2.45) is 10.3 Å². The van der Waals surface area contributed by atoms with Crippen LogP contribution in [0.3, 0.4) is 0 Å². The number of hydrogen-bond acceptors (Lipinski definition) is 8. The van der Waals surface area contributed by atoms with Crippen LogP contribution in [0.15, 0.2) is 71.0 Å². The van der Waals surface area contributed by atoms with Gasteiger partial charge in [0.05, 0.1) is 37.9 Å². The predicted molar refractivity (Wildman–Crippen MR) is 137 cm³/mol. The van der Waals surface area contributed by atoms with E-state index < -0.39 is 0 Å². The molecule has 2 rings (SSSR count). The summed E-state index contributed by atoms with van der Waals surface area (Å²) in [5.74, 6) is -0.555. The molecule has 0 fully saturated rings. The van der Waals surface area contributed by atoms with Gasteiger partial charge in [0.25, 0.3) is 11.8 Å². The Hall–Kier alpha value is -3.76. The van der Waals surface area contributed by atoms with E-state index in [0.717, 1.165) is 11.1 Å². The van der Waals surface area contributed by atoms with Gasteiger partial charge < -0.3 is 29.8 Å². The van der Waals surface area contributed by atoms with Crippen LogP contribution in [-0.2, 0) is 28.7 Å². The fraction of sp³-hybridized carbons (Fsp3) is 0.385. The molecule has 0 aliphatic rings. The van der Waals surface area contributed by atoms with Gasteiger partial charge in [-0.15, -0.1) is 0 Å². The van der Waals surface area contributed by atoms with Crippen molar-refractivity contribution in [1.29, 1.82) is 0 Å². The lowest BCUT2D eigenvalue weighted by molar-refractivity contribution is -0.126. The Morgan fingerprint density at radius 1 is 0.639 bits per heavy atom. The number of carbonyl (C=O) groups excluding carboxylic acids is 2. The lowest BCUT2D eigenvalue weighted by Crippen LogP contribution is -2.31. The summed E-state index contributed by atoms with van der Waals surface area (Å²) in [6.07, 6.45) is 0. The largest absolute Gasteiger partial charge is 0.385 e. The van der Waals surface area contributed by atoms with Gasteiger partial charge in [-0.1, -0.05) is 71.0 Å². The van der Waals surface area contributed by atoms with Crippen LogP contribution in [-0.4, -0.2) is 76.0 Å². The number of oxime groups is 2. The number of rotatable bonds is 17. The van der Waals surface area contributed by atoms with Gasteiger partial charge in [0.1, 0.15) is 0 Å². The van der Waals surface area contributed by atoms with E-state index in [-0.39, 0.29) is 25.0 Å². The van der Waals surface area contributed by atoms with Crippen molar-refractivity contribution in [2.75, 3.05) is 52.7 Å². The molecule has 36 heavy (non-hydrogen) atoms. The van der Waals surface area contributed by atoms with Crippen LogP contribution in [0.4, 0.5) is 0 Å². The van der Waals surface area contributed by atoms with Crippen LogP contribution in [0.5, 0.6) is 0 Å². The van der Waals surface area contributed by atoms with Crippen LogP contribution in [0.2, 0.25) is 0 Å². The summed E-state index contributed by atoms with van der Waals surface area (Å²) in [6.45, 7) is 5.45. The Morgan fingerprint density at radius 2 is 1.03 bits per heavy atom. The Morgan fingerprint density at radius 3 is 1.42 bits per heavy atom. The molecule has 0 aromatic heterocycles. The van der Waals surface area contributed by atoms with Crippen LogP contribution < -0.4 is 10.6 Å². The number of benzene rings is 2. The number of nitrogens with zero attached hydrogens (tertiary/aromatic N) is 2. The second kappa shape index (κ2) is 17.6. The molecule has 0 bridgehead atoms. The van der Waals surface area contributed by atoms with Gasteiger partial charge in [-0.05, 0) is 25.0 Å². The summed E-state index contributed by atoms with van der Waals surface area (Å²) >= 11 is 0. The van der Waals surface area contributed by atoms with Crippen molar-refractivity contribution < 1.29 is 28.7 Å². The summed E-state index contributed by atoms with van der Waals surface area (Å²) in [4.78, 5) is 33.7. The maximum atomic E-state index is 11.8. The van der Waals surface area contributed by atoms with Gasteiger partial charge in [0, 0.05) is 13.1 Å². The van der Waals surface area contributed by atoms with Crippen molar-refractivity contribution in [1.82, 2.24) is 10.6 Å². The molecule has 2 aromatic carbocycles. The first kappa shape index (κ1) is 28.5. The zero-order valence-corrected chi connectivity index (χ0v) is 20.8. The molecule has 0 saturated carbocycles. The molecule has 0 spiro atoms. The van der Waals surface area contributed by atoms with Crippen molar-refractivity contribution >= 4 is 23.2 Å². The summed E-state index contributed by atoms with van der Waals surface area (Å²) in [5.41, 5.74) is 3.26. The van der Waals surface area contributed by atoms with Crippen molar-refractivity contribution in [2.45, 2.75) is 13.8 Å². The topological polar surface area (TPSA) is 120 Å². The van der Waals surface area contributed by atoms with E-state index in [1.54, 1.807) is 0 Å². The zero-order valence-electron chi connectivity index (χ0n) is 20.8. The van der Waals surface area contributed by atoms with Crippen molar-refractivity contribution in [3.63, 3.8) is 0 Å². The molecule has 0 radical (unpaired) electrons. The molecule has 2 amide bonds. The van der Waals surface area contributed by atoms with Gasteiger partial charge in [-0.2, -0.15) is 0 Å². The Labute approximate surface area is 211 Å². The molecule has 10 nitrogen and oxygen atoms in total. The second-order valence-corrected chi connectivity index (χ2v) is 7.56. The average Bonchev–Trinajstić information content (AvgIpc) is 2.90. The first-order valence-electron chi connectivity index (χ1n) is 11.7. The van der Waals surface area contributed by atoms with Crippen LogP contribution in [0.1, 0.15) is 25.0 Å². The highest BCUT2D eigenvalue weighted by Gasteiger charge is 2.03. The van der Waals surface area contributed by atoms with E-state index in [9.17, 15) is 9.59 Å². The quantitative estimate of drug-likeness (QED) is 0.196. The second-order valence-electron chi connectivity index (χ2n) is 7.56. The van der Waals surface area contributed by atoms with Crippen LogP contribution >= 0.6 is 0 Å². The van der Waals surface area contributed by atoms with Crippen molar-refractivity contribution in [3.8, 4) is 0 Å². The Kier molecular flexibility index (Phi) is 14.0. The van der Waals surface area contributed by atoms with E-state index in [1.807, 2.05) is 74.5 Å². The van der Waals surface area contributed by atoms with E-state index in [4.69, 9.17) is 19.1 Å². The van der Waals surface area contributed by atoms with Crippen LogP contribution in [0.25, 0.3) is 0 Å². The monoisotopic (exact) mass is 498 g/mol. The highest BCUT2D eigenvalue weighted by molar-refractivity contribution is 5.98. The molecular formula is C26H34N4O6. The standard InChI is InChI=1S/C26H34N4O6/c1-21(23-9-5-3-6-10-23)29-35-19-25(31)27-13-15-33-17-18-34-16-14-28-26(32)20-36-30-22(2)24-11-7-4-8-12-24/h3-12H,13-20H2,1-2H3,(H,27,31)(H,28,32)/b29-21-,30-22+. The van der Waals surface area contributed by atoms with E-state index >= 15 is 0 Å². The number of ether oxygens (including phenoxy) is 2. The van der Waals surface area contributed by atoms with E-state index in [2.05, 4.69) is 20.9 Å². The summed E-state index contributed by atoms with van der Waals surface area (Å²) < 4.78 is 10.8. The molecule has 194 valence electrons. The highest BCUT2D eigenvalue weighted by Crippen LogP contribution is 2.01. The van der Waals surface area contributed by atoms with Gasteiger partial charge >= 0.3 is 0 Å². The lowest BCUT2D eigenvalue weighted by atomic mass is 10.1. The van der Waals surface area contributed by atoms with Gasteiger partial charge in [-0.25, -0.2) is 0 Å². The fourth-order valence-corrected chi connectivity index (χ4v) is 2.79. The maximum Gasteiger partial charge on any atom is 0.260 e. The molecular weight excluding hydrogens is 464 g/mol. The lowest BCUT2D eigenvalue weighted by Gasteiger charge is -2.08. The SMILES string of the molecule is C/C(=N/OCC(=O)NCCOCCOCCNC(=O)CO/N=C(\C)c1ccccc1)c1ccccc1. The third kappa shape index (κ3) is 12.6. The first-order valence-corrected chi connectivity index (χ1v) is 11.7. The molecule has 10 heteroatoms. The predicted octanol–water partition coefficient (Wildman–Crippen LogP) is 2.13. The average molecular weight is 499 g/mol. The fourth-order valence-electron chi connectivity index (χ4n) is 2.79. The third-order valence-corrected chi connectivity index (χ3v) is 4.69. The van der Waals surface area contributed by atoms with Crippen molar-refractivity contribution in [3.05, 3.63) is 71.8 Å². The minimum Gasteiger partial charge on any atom is -0.385 e. The molecule has 0 aliphatic heterocycles. The Bertz CT molecular complexity index is 887. The van der Waals surface area contributed by atoms with E-state index in [1.165, 1.54) is 0 Å². The number of hydrogen-bond donors (Lipinski definition) is 2. The molecule has 0 saturated heterocycles. The maximum absolute atomic E-state index is 11.8. The first-order chi connectivity index (χ1) is 17.6. The highest BCUT2D eigenvalue weighted by atomic mass is 16.6. The normalized spacial score (nSPS) is 11.6. The minimum atomic E-state index is -0.278. The molecule has 0 aliphatic carbocycles. The smallest absolute Gasteiger partial charge is 0.260 e.